The minimum atomic E-state index is -0.525. The Morgan fingerprint density at radius 2 is 1.80 bits per heavy atom. The molecule has 2 amide bonds. The molecule has 2 aliphatic rings. The highest BCUT2D eigenvalue weighted by Crippen LogP contribution is 2.44. The first-order valence-electron chi connectivity index (χ1n) is 10.3. The van der Waals surface area contributed by atoms with Crippen molar-refractivity contribution >= 4 is 28.7 Å². The SMILES string of the molecule is COc1ccc2nccc(N3CCC4(CCN(C(=O)OC(C)(C)C)CC4)C3=O)c2n1. The Hall–Kier alpha value is -2.90. The number of carbonyl (C=O) groups excluding carboxylic acids is 2. The Balaban J connectivity index is 1.53. The number of pyridine rings is 2. The zero-order chi connectivity index (χ0) is 21.5. The van der Waals surface area contributed by atoms with Gasteiger partial charge in [-0.25, -0.2) is 9.78 Å². The topological polar surface area (TPSA) is 84.9 Å². The molecule has 2 aromatic rings. The van der Waals surface area contributed by atoms with Crippen LogP contribution >= 0.6 is 0 Å². The van der Waals surface area contributed by atoms with Crippen LogP contribution in [0.1, 0.15) is 40.0 Å². The van der Waals surface area contributed by atoms with E-state index in [1.807, 2.05) is 37.8 Å². The number of fused-ring (bicyclic) bond motifs is 1. The third-order valence-electron chi connectivity index (χ3n) is 5.92. The molecule has 0 atom stereocenters. The van der Waals surface area contributed by atoms with E-state index in [1.54, 1.807) is 24.3 Å². The Kier molecular flexibility index (Phi) is 5.03. The van der Waals surface area contributed by atoms with Crippen LogP contribution in [-0.4, -0.2) is 59.2 Å². The van der Waals surface area contributed by atoms with Gasteiger partial charge in [0.25, 0.3) is 0 Å². The summed E-state index contributed by atoms with van der Waals surface area (Å²) >= 11 is 0. The molecule has 0 saturated carbocycles. The highest BCUT2D eigenvalue weighted by molar-refractivity contribution is 6.05. The van der Waals surface area contributed by atoms with Gasteiger partial charge in [-0.2, -0.15) is 0 Å². The van der Waals surface area contributed by atoms with E-state index in [0.29, 0.717) is 43.9 Å². The highest BCUT2D eigenvalue weighted by atomic mass is 16.6. The van der Waals surface area contributed by atoms with Crippen molar-refractivity contribution in [1.29, 1.82) is 0 Å². The second kappa shape index (κ2) is 7.41. The van der Waals surface area contributed by atoms with Crippen LogP contribution in [0, 0.1) is 5.41 Å². The van der Waals surface area contributed by atoms with Gasteiger partial charge < -0.3 is 19.3 Å². The number of ether oxygens (including phenoxy) is 2. The van der Waals surface area contributed by atoms with Gasteiger partial charge in [-0.3, -0.25) is 9.78 Å². The average Bonchev–Trinajstić information content (AvgIpc) is 3.02. The fourth-order valence-corrected chi connectivity index (χ4v) is 4.28. The Bertz CT molecular complexity index is 977. The van der Waals surface area contributed by atoms with E-state index in [4.69, 9.17) is 9.47 Å². The lowest BCUT2D eigenvalue weighted by Crippen LogP contribution is -2.48. The summed E-state index contributed by atoms with van der Waals surface area (Å²) in [5.41, 5.74) is 1.18. The summed E-state index contributed by atoms with van der Waals surface area (Å²) in [7, 11) is 1.57. The molecule has 30 heavy (non-hydrogen) atoms. The normalized spacial score (nSPS) is 18.9. The zero-order valence-electron chi connectivity index (χ0n) is 18.0. The van der Waals surface area contributed by atoms with E-state index in [2.05, 4.69) is 9.97 Å². The maximum absolute atomic E-state index is 13.5. The van der Waals surface area contributed by atoms with Gasteiger partial charge in [0.1, 0.15) is 11.1 Å². The summed E-state index contributed by atoms with van der Waals surface area (Å²) in [5.74, 6) is 0.590. The number of rotatable bonds is 2. The molecular weight excluding hydrogens is 384 g/mol. The van der Waals surface area contributed by atoms with Crippen molar-refractivity contribution in [2.75, 3.05) is 31.6 Å². The summed E-state index contributed by atoms with van der Waals surface area (Å²) < 4.78 is 10.7. The monoisotopic (exact) mass is 412 g/mol. The quantitative estimate of drug-likeness (QED) is 0.752. The van der Waals surface area contributed by atoms with E-state index >= 15 is 0 Å². The van der Waals surface area contributed by atoms with E-state index in [9.17, 15) is 9.59 Å². The maximum atomic E-state index is 13.5. The van der Waals surface area contributed by atoms with Crippen LogP contribution in [0.15, 0.2) is 24.4 Å². The fourth-order valence-electron chi connectivity index (χ4n) is 4.28. The molecule has 8 nitrogen and oxygen atoms in total. The second-order valence-electron chi connectivity index (χ2n) is 9.01. The number of carbonyl (C=O) groups is 2. The first kappa shape index (κ1) is 20.4. The van der Waals surface area contributed by atoms with Crippen LogP contribution in [0.5, 0.6) is 5.88 Å². The number of hydrogen-bond donors (Lipinski definition) is 0. The predicted molar refractivity (Wildman–Crippen MR) is 113 cm³/mol. The average molecular weight is 412 g/mol. The molecule has 4 rings (SSSR count). The van der Waals surface area contributed by atoms with Crippen LogP contribution < -0.4 is 9.64 Å². The molecular formula is C22H28N4O4. The van der Waals surface area contributed by atoms with E-state index in [-0.39, 0.29) is 12.0 Å². The molecule has 4 heterocycles. The lowest BCUT2D eigenvalue weighted by atomic mass is 9.77. The molecule has 1 spiro atoms. The first-order valence-corrected chi connectivity index (χ1v) is 10.3. The van der Waals surface area contributed by atoms with Gasteiger partial charge in [-0.05, 0) is 52.2 Å². The van der Waals surface area contributed by atoms with Crippen molar-refractivity contribution in [3.8, 4) is 5.88 Å². The Morgan fingerprint density at radius 3 is 2.47 bits per heavy atom. The Morgan fingerprint density at radius 1 is 1.10 bits per heavy atom. The smallest absolute Gasteiger partial charge is 0.410 e. The first-order chi connectivity index (χ1) is 14.2. The largest absolute Gasteiger partial charge is 0.481 e. The summed E-state index contributed by atoms with van der Waals surface area (Å²) in [6.07, 6.45) is 3.44. The number of amides is 2. The number of anilines is 1. The van der Waals surface area contributed by atoms with E-state index in [0.717, 1.165) is 17.6 Å². The molecule has 0 N–H and O–H groups in total. The number of methoxy groups -OCH3 is 1. The van der Waals surface area contributed by atoms with Gasteiger partial charge in [-0.1, -0.05) is 0 Å². The van der Waals surface area contributed by atoms with Gasteiger partial charge in [0.15, 0.2) is 0 Å². The molecule has 0 aliphatic carbocycles. The predicted octanol–water partition coefficient (Wildman–Crippen LogP) is 3.39. The molecule has 160 valence electrons. The lowest BCUT2D eigenvalue weighted by molar-refractivity contribution is -0.128. The van der Waals surface area contributed by atoms with E-state index in [1.165, 1.54) is 0 Å². The molecule has 0 radical (unpaired) electrons. The number of likely N-dealkylation sites (tertiary alicyclic amines) is 1. The molecule has 2 aliphatic heterocycles. The molecule has 0 unspecified atom stereocenters. The number of hydrogen-bond acceptors (Lipinski definition) is 6. The second-order valence-corrected chi connectivity index (χ2v) is 9.01. The molecule has 2 aromatic heterocycles. The Labute approximate surface area is 176 Å². The van der Waals surface area contributed by atoms with Crippen molar-refractivity contribution in [2.24, 2.45) is 5.41 Å². The van der Waals surface area contributed by atoms with Gasteiger partial charge in [0.2, 0.25) is 11.8 Å². The number of aromatic nitrogens is 2. The van der Waals surface area contributed by atoms with Crippen LogP contribution in [0.25, 0.3) is 11.0 Å². The maximum Gasteiger partial charge on any atom is 0.410 e. The molecule has 2 saturated heterocycles. The third kappa shape index (κ3) is 3.66. The van der Waals surface area contributed by atoms with Crippen LogP contribution in [0.4, 0.5) is 10.5 Å². The highest BCUT2D eigenvalue weighted by Gasteiger charge is 2.49. The molecule has 0 bridgehead atoms. The molecule has 0 aromatic carbocycles. The van der Waals surface area contributed by atoms with Gasteiger partial charge in [-0.15, -0.1) is 0 Å². The van der Waals surface area contributed by atoms with Gasteiger partial charge >= 0.3 is 6.09 Å². The van der Waals surface area contributed by atoms with Crippen LogP contribution in [0.3, 0.4) is 0 Å². The van der Waals surface area contributed by atoms with Crippen molar-refractivity contribution in [1.82, 2.24) is 14.9 Å². The van der Waals surface area contributed by atoms with Crippen molar-refractivity contribution < 1.29 is 19.1 Å². The van der Waals surface area contributed by atoms with Crippen molar-refractivity contribution in [3.63, 3.8) is 0 Å². The zero-order valence-corrected chi connectivity index (χ0v) is 18.0. The van der Waals surface area contributed by atoms with E-state index < -0.39 is 11.0 Å². The number of piperidine rings is 1. The van der Waals surface area contributed by atoms with Gasteiger partial charge in [0.05, 0.1) is 23.7 Å². The minimum Gasteiger partial charge on any atom is -0.481 e. The van der Waals surface area contributed by atoms with Gasteiger partial charge in [0, 0.05) is 31.9 Å². The standard InChI is InChI=1S/C22H28N4O4/c1-21(2,3)30-20(28)25-12-8-22(9-13-25)10-14-26(19(22)27)16-7-11-23-15-5-6-17(29-4)24-18(15)16/h5-7,11H,8-10,12-14H2,1-4H3. The summed E-state index contributed by atoms with van der Waals surface area (Å²) in [6, 6.07) is 5.45. The van der Waals surface area contributed by atoms with Crippen molar-refractivity contribution in [2.45, 2.75) is 45.6 Å². The summed E-state index contributed by atoms with van der Waals surface area (Å²) in [4.78, 5) is 38.3. The molecule has 8 heteroatoms. The lowest BCUT2D eigenvalue weighted by Gasteiger charge is -2.38. The number of nitrogens with zero attached hydrogens (tertiary/aromatic N) is 4. The summed E-state index contributed by atoms with van der Waals surface area (Å²) in [5, 5.41) is 0. The minimum absolute atomic E-state index is 0.100. The van der Waals surface area contributed by atoms with Crippen LogP contribution in [0.2, 0.25) is 0 Å². The fraction of sp³-hybridized carbons (Fsp3) is 0.545. The summed E-state index contributed by atoms with van der Waals surface area (Å²) in [6.45, 7) is 7.25. The van der Waals surface area contributed by atoms with Crippen LogP contribution in [-0.2, 0) is 9.53 Å². The molecule has 2 fully saturated rings. The van der Waals surface area contributed by atoms with Crippen molar-refractivity contribution in [3.05, 3.63) is 24.4 Å². The third-order valence-corrected chi connectivity index (χ3v) is 5.92.